The Bertz CT molecular complexity index is 774. The summed E-state index contributed by atoms with van der Waals surface area (Å²) in [6.07, 6.45) is 5.28. The van der Waals surface area contributed by atoms with Crippen LogP contribution in [0.1, 0.15) is 26.3 Å². The maximum Gasteiger partial charge on any atom is 0.227 e. The van der Waals surface area contributed by atoms with Gasteiger partial charge >= 0.3 is 0 Å². The molecular formula is C19H20N4. The van der Waals surface area contributed by atoms with E-state index in [1.165, 1.54) is 5.56 Å². The lowest BCUT2D eigenvalue weighted by Crippen LogP contribution is -2.10. The average Bonchev–Trinajstić information content (AvgIpc) is 2.56. The molecule has 0 unspecified atom stereocenters. The van der Waals surface area contributed by atoms with Crippen LogP contribution in [-0.2, 0) is 5.41 Å². The van der Waals surface area contributed by atoms with Crippen molar-refractivity contribution in [1.29, 1.82) is 0 Å². The maximum absolute atomic E-state index is 4.56. The molecule has 0 radical (unpaired) electrons. The molecule has 3 aromatic rings. The van der Waals surface area contributed by atoms with Gasteiger partial charge in [0.05, 0.1) is 5.69 Å². The molecule has 0 aliphatic heterocycles. The SMILES string of the molecule is CC(C)(C)c1ccc(Nc2nccc(-c3ccncc3)n2)cc1. The Morgan fingerprint density at radius 1 is 0.826 bits per heavy atom. The quantitative estimate of drug-likeness (QED) is 0.769. The van der Waals surface area contributed by atoms with Gasteiger partial charge in [0.25, 0.3) is 0 Å². The van der Waals surface area contributed by atoms with Crippen LogP contribution in [0, 0.1) is 0 Å². The van der Waals surface area contributed by atoms with Crippen molar-refractivity contribution in [2.24, 2.45) is 0 Å². The molecule has 0 fully saturated rings. The number of pyridine rings is 1. The molecule has 116 valence electrons. The van der Waals surface area contributed by atoms with Gasteiger partial charge in [0, 0.05) is 29.8 Å². The maximum atomic E-state index is 4.56. The summed E-state index contributed by atoms with van der Waals surface area (Å²) < 4.78 is 0. The van der Waals surface area contributed by atoms with Gasteiger partial charge < -0.3 is 5.32 Å². The first kappa shape index (κ1) is 15.2. The van der Waals surface area contributed by atoms with Crippen LogP contribution < -0.4 is 5.32 Å². The molecule has 0 aliphatic carbocycles. The van der Waals surface area contributed by atoms with Gasteiger partial charge in [0.1, 0.15) is 0 Å². The van der Waals surface area contributed by atoms with E-state index in [-0.39, 0.29) is 5.41 Å². The summed E-state index contributed by atoms with van der Waals surface area (Å²) in [7, 11) is 0. The second-order valence-corrected chi connectivity index (χ2v) is 6.45. The number of anilines is 2. The zero-order valence-electron chi connectivity index (χ0n) is 13.6. The van der Waals surface area contributed by atoms with E-state index in [0.29, 0.717) is 5.95 Å². The van der Waals surface area contributed by atoms with E-state index in [1.54, 1.807) is 18.6 Å². The molecule has 3 rings (SSSR count). The molecule has 1 N–H and O–H groups in total. The fraction of sp³-hybridized carbons (Fsp3) is 0.211. The standard InChI is InChI=1S/C19H20N4/c1-19(2,3)15-4-6-16(7-5-15)22-18-21-13-10-17(23-18)14-8-11-20-12-9-14/h4-13H,1-3H3,(H,21,22,23). The lowest BCUT2D eigenvalue weighted by atomic mass is 9.87. The second-order valence-electron chi connectivity index (χ2n) is 6.45. The molecule has 0 spiro atoms. The molecule has 1 aromatic carbocycles. The molecule has 0 atom stereocenters. The predicted octanol–water partition coefficient (Wildman–Crippen LogP) is 4.58. The molecule has 4 nitrogen and oxygen atoms in total. The van der Waals surface area contributed by atoms with Crippen LogP contribution in [0.3, 0.4) is 0 Å². The number of hydrogen-bond acceptors (Lipinski definition) is 4. The van der Waals surface area contributed by atoms with Gasteiger partial charge in [0.15, 0.2) is 0 Å². The van der Waals surface area contributed by atoms with Gasteiger partial charge in [-0.25, -0.2) is 9.97 Å². The molecule has 2 heterocycles. The monoisotopic (exact) mass is 304 g/mol. The molecule has 0 amide bonds. The van der Waals surface area contributed by atoms with Crippen molar-refractivity contribution in [3.8, 4) is 11.3 Å². The Morgan fingerprint density at radius 3 is 2.17 bits per heavy atom. The lowest BCUT2D eigenvalue weighted by molar-refractivity contribution is 0.590. The summed E-state index contributed by atoms with van der Waals surface area (Å²) in [5.74, 6) is 0.586. The first-order chi connectivity index (χ1) is 11.0. The van der Waals surface area contributed by atoms with Crippen molar-refractivity contribution < 1.29 is 0 Å². The Morgan fingerprint density at radius 2 is 1.52 bits per heavy atom. The van der Waals surface area contributed by atoms with Crippen LogP contribution >= 0.6 is 0 Å². The number of aromatic nitrogens is 3. The van der Waals surface area contributed by atoms with Crippen LogP contribution in [0.2, 0.25) is 0 Å². The minimum atomic E-state index is 0.149. The highest BCUT2D eigenvalue weighted by atomic mass is 15.1. The predicted molar refractivity (Wildman–Crippen MR) is 93.7 cm³/mol. The van der Waals surface area contributed by atoms with Crippen molar-refractivity contribution in [3.05, 3.63) is 66.6 Å². The van der Waals surface area contributed by atoms with E-state index in [0.717, 1.165) is 16.9 Å². The van der Waals surface area contributed by atoms with Gasteiger partial charge in [-0.15, -0.1) is 0 Å². The van der Waals surface area contributed by atoms with Gasteiger partial charge in [-0.05, 0) is 41.3 Å². The highest BCUT2D eigenvalue weighted by molar-refractivity contribution is 5.61. The van der Waals surface area contributed by atoms with Crippen molar-refractivity contribution in [2.45, 2.75) is 26.2 Å². The fourth-order valence-electron chi connectivity index (χ4n) is 2.29. The summed E-state index contributed by atoms with van der Waals surface area (Å²) in [5, 5.41) is 3.25. The zero-order valence-corrected chi connectivity index (χ0v) is 13.6. The number of nitrogens with zero attached hydrogens (tertiary/aromatic N) is 3. The third-order valence-corrected chi connectivity index (χ3v) is 3.64. The van der Waals surface area contributed by atoms with Crippen molar-refractivity contribution in [3.63, 3.8) is 0 Å². The number of nitrogens with one attached hydrogen (secondary N) is 1. The zero-order chi connectivity index (χ0) is 16.3. The summed E-state index contributed by atoms with van der Waals surface area (Å²) in [6.45, 7) is 6.62. The van der Waals surface area contributed by atoms with E-state index in [2.05, 4.69) is 65.3 Å². The summed E-state index contributed by atoms with van der Waals surface area (Å²) >= 11 is 0. The highest BCUT2D eigenvalue weighted by Gasteiger charge is 2.13. The minimum absolute atomic E-state index is 0.149. The molecule has 23 heavy (non-hydrogen) atoms. The minimum Gasteiger partial charge on any atom is -0.324 e. The first-order valence-electron chi connectivity index (χ1n) is 7.63. The first-order valence-corrected chi connectivity index (χ1v) is 7.63. The van der Waals surface area contributed by atoms with Gasteiger partial charge in [-0.1, -0.05) is 32.9 Å². The normalized spacial score (nSPS) is 11.3. The van der Waals surface area contributed by atoms with Crippen molar-refractivity contribution in [1.82, 2.24) is 15.0 Å². The fourth-order valence-corrected chi connectivity index (χ4v) is 2.29. The Hall–Kier alpha value is -2.75. The van der Waals surface area contributed by atoms with E-state index in [1.807, 2.05) is 18.2 Å². The topological polar surface area (TPSA) is 50.7 Å². The second kappa shape index (κ2) is 6.16. The highest BCUT2D eigenvalue weighted by Crippen LogP contribution is 2.24. The van der Waals surface area contributed by atoms with Crippen LogP contribution in [0.25, 0.3) is 11.3 Å². The summed E-state index contributed by atoms with van der Waals surface area (Å²) in [5.41, 5.74) is 4.32. The van der Waals surface area contributed by atoms with E-state index < -0.39 is 0 Å². The Labute approximate surface area is 136 Å². The summed E-state index contributed by atoms with van der Waals surface area (Å²) in [6, 6.07) is 14.1. The van der Waals surface area contributed by atoms with E-state index >= 15 is 0 Å². The Kier molecular flexibility index (Phi) is 4.06. The molecule has 0 aliphatic rings. The molecule has 2 aromatic heterocycles. The third kappa shape index (κ3) is 3.72. The van der Waals surface area contributed by atoms with Crippen LogP contribution in [0.15, 0.2) is 61.1 Å². The summed E-state index contributed by atoms with van der Waals surface area (Å²) in [4.78, 5) is 12.9. The van der Waals surface area contributed by atoms with Gasteiger partial charge in [-0.2, -0.15) is 0 Å². The molecule has 0 saturated carbocycles. The molecule has 0 saturated heterocycles. The van der Waals surface area contributed by atoms with Crippen LogP contribution in [0.4, 0.5) is 11.6 Å². The van der Waals surface area contributed by atoms with Gasteiger partial charge in [-0.3, -0.25) is 4.98 Å². The average molecular weight is 304 g/mol. The molecule has 4 heteroatoms. The number of rotatable bonds is 3. The number of benzene rings is 1. The van der Waals surface area contributed by atoms with Crippen LogP contribution in [0.5, 0.6) is 0 Å². The van der Waals surface area contributed by atoms with Crippen LogP contribution in [-0.4, -0.2) is 15.0 Å². The molecule has 0 bridgehead atoms. The smallest absolute Gasteiger partial charge is 0.227 e. The largest absolute Gasteiger partial charge is 0.324 e. The Balaban J connectivity index is 1.81. The number of hydrogen-bond donors (Lipinski definition) is 1. The van der Waals surface area contributed by atoms with Gasteiger partial charge in [0.2, 0.25) is 5.95 Å². The van der Waals surface area contributed by atoms with Crippen molar-refractivity contribution >= 4 is 11.6 Å². The van der Waals surface area contributed by atoms with E-state index in [4.69, 9.17) is 0 Å². The lowest BCUT2D eigenvalue weighted by Gasteiger charge is -2.19. The van der Waals surface area contributed by atoms with Crippen molar-refractivity contribution in [2.75, 3.05) is 5.32 Å². The van der Waals surface area contributed by atoms with E-state index in [9.17, 15) is 0 Å². The molecular weight excluding hydrogens is 284 g/mol. The third-order valence-electron chi connectivity index (χ3n) is 3.64.